The molecule has 1 heterocycles. The van der Waals surface area contributed by atoms with Crippen LogP contribution in [0.15, 0.2) is 48.5 Å². The molecule has 6 rings (SSSR count). The molecule has 4 atom stereocenters. The maximum absolute atomic E-state index is 13.1. The molecule has 2 aromatic rings. The van der Waals surface area contributed by atoms with Crippen LogP contribution in [0.1, 0.15) is 42.7 Å². The quantitative estimate of drug-likeness (QED) is 0.782. The first kappa shape index (κ1) is 18.9. The molecule has 3 fully saturated rings. The molecule has 1 aliphatic heterocycles. The van der Waals surface area contributed by atoms with E-state index >= 15 is 0 Å². The Morgan fingerprint density at radius 2 is 1.71 bits per heavy atom. The van der Waals surface area contributed by atoms with Crippen LogP contribution in [-0.4, -0.2) is 41.8 Å². The number of amides is 1. The minimum absolute atomic E-state index is 0.0191. The first-order valence-corrected chi connectivity index (χ1v) is 11.4. The van der Waals surface area contributed by atoms with Crippen LogP contribution in [0, 0.1) is 23.2 Å². The summed E-state index contributed by atoms with van der Waals surface area (Å²) in [5, 5.41) is 9.91. The molecule has 31 heavy (non-hydrogen) atoms. The molecule has 1 saturated heterocycles. The normalized spacial score (nSPS) is 30.6. The molecule has 160 valence electrons. The zero-order valence-electron chi connectivity index (χ0n) is 17.5. The number of carbonyl (C=O) groups excluding carboxylic acids is 1. The average Bonchev–Trinajstić information content (AvgIpc) is 3.54. The number of hydrogen-bond donors (Lipinski definition) is 1. The Bertz CT molecular complexity index is 1020. The van der Waals surface area contributed by atoms with Gasteiger partial charge in [0, 0.05) is 24.4 Å². The van der Waals surface area contributed by atoms with Gasteiger partial charge in [-0.15, -0.1) is 0 Å². The van der Waals surface area contributed by atoms with Crippen LogP contribution in [0.25, 0.3) is 11.1 Å². The van der Waals surface area contributed by atoms with Gasteiger partial charge in [0.05, 0.1) is 5.92 Å². The number of likely N-dealkylation sites (tertiary alicyclic amines) is 1. The van der Waals surface area contributed by atoms with Gasteiger partial charge in [0.15, 0.2) is 0 Å². The van der Waals surface area contributed by atoms with Crippen molar-refractivity contribution in [2.75, 3.05) is 19.7 Å². The predicted octanol–water partition coefficient (Wildman–Crippen LogP) is 4.76. The molecular weight excluding hydrogens is 390 g/mol. The van der Waals surface area contributed by atoms with Crippen molar-refractivity contribution in [3.05, 3.63) is 59.7 Å². The first-order chi connectivity index (χ1) is 15.1. The van der Waals surface area contributed by atoms with Crippen molar-refractivity contribution in [3.8, 4) is 11.1 Å². The number of carboxylic acid groups (broad SMARTS) is 1. The molecule has 1 amide bonds. The van der Waals surface area contributed by atoms with Crippen LogP contribution in [0.4, 0.5) is 4.79 Å². The standard InChI is InChI=1S/C26H27NO4/c28-24(29)23-13-27(15-26(23)12-16-9-10-17(26)11-16)25(30)31-14-22-20-7-3-1-5-18(20)19-6-2-4-8-21(19)22/h1-8,16-17,22-23H,9-15H2,(H,28,29). The van der Waals surface area contributed by atoms with Crippen molar-refractivity contribution in [1.82, 2.24) is 4.90 Å². The molecule has 5 heteroatoms. The van der Waals surface area contributed by atoms with Gasteiger partial charge in [0.2, 0.25) is 0 Å². The van der Waals surface area contributed by atoms with Crippen molar-refractivity contribution in [1.29, 1.82) is 0 Å². The van der Waals surface area contributed by atoms with Gasteiger partial charge >= 0.3 is 12.1 Å². The summed E-state index contributed by atoms with van der Waals surface area (Å²) in [4.78, 5) is 26.8. The molecule has 0 aromatic heterocycles. The molecule has 2 saturated carbocycles. The lowest BCUT2D eigenvalue weighted by Gasteiger charge is -2.36. The van der Waals surface area contributed by atoms with E-state index in [9.17, 15) is 14.7 Å². The maximum Gasteiger partial charge on any atom is 0.409 e. The predicted molar refractivity (Wildman–Crippen MR) is 116 cm³/mol. The van der Waals surface area contributed by atoms with E-state index < -0.39 is 11.9 Å². The largest absolute Gasteiger partial charge is 0.481 e. The van der Waals surface area contributed by atoms with Gasteiger partial charge < -0.3 is 14.7 Å². The van der Waals surface area contributed by atoms with Crippen molar-refractivity contribution in [2.24, 2.45) is 23.2 Å². The van der Waals surface area contributed by atoms with Crippen LogP contribution >= 0.6 is 0 Å². The summed E-state index contributed by atoms with van der Waals surface area (Å²) in [6.07, 6.45) is 4.02. The number of carboxylic acids is 1. The van der Waals surface area contributed by atoms with Crippen LogP contribution < -0.4 is 0 Å². The van der Waals surface area contributed by atoms with Gasteiger partial charge in [-0.2, -0.15) is 0 Å². The number of ether oxygens (including phenoxy) is 1. The number of carbonyl (C=O) groups is 2. The molecule has 1 N–H and O–H groups in total. The summed E-state index contributed by atoms with van der Waals surface area (Å²) in [6.45, 7) is 1.08. The van der Waals surface area contributed by atoms with Crippen LogP contribution in [0.5, 0.6) is 0 Å². The zero-order valence-corrected chi connectivity index (χ0v) is 17.5. The molecule has 4 aliphatic rings. The topological polar surface area (TPSA) is 66.8 Å². The summed E-state index contributed by atoms with van der Waals surface area (Å²) < 4.78 is 5.83. The van der Waals surface area contributed by atoms with E-state index in [0.29, 0.717) is 18.4 Å². The molecule has 5 nitrogen and oxygen atoms in total. The Hall–Kier alpha value is -2.82. The van der Waals surface area contributed by atoms with E-state index in [-0.39, 0.29) is 30.6 Å². The van der Waals surface area contributed by atoms with Crippen LogP contribution in [-0.2, 0) is 9.53 Å². The van der Waals surface area contributed by atoms with Gasteiger partial charge in [-0.25, -0.2) is 4.79 Å². The molecule has 3 aliphatic carbocycles. The van der Waals surface area contributed by atoms with Gasteiger partial charge in [-0.1, -0.05) is 55.0 Å². The fourth-order valence-electron chi connectivity index (χ4n) is 7.19. The van der Waals surface area contributed by atoms with E-state index in [4.69, 9.17) is 4.74 Å². The third kappa shape index (κ3) is 2.75. The third-order valence-electron chi connectivity index (χ3n) is 8.50. The van der Waals surface area contributed by atoms with Gasteiger partial charge in [0.25, 0.3) is 0 Å². The van der Waals surface area contributed by atoms with Crippen molar-refractivity contribution in [3.63, 3.8) is 0 Å². The van der Waals surface area contributed by atoms with E-state index in [2.05, 4.69) is 24.3 Å². The van der Waals surface area contributed by atoms with E-state index in [1.165, 1.54) is 28.7 Å². The first-order valence-electron chi connectivity index (χ1n) is 11.4. The van der Waals surface area contributed by atoms with Crippen molar-refractivity contribution in [2.45, 2.75) is 31.6 Å². The Morgan fingerprint density at radius 3 is 2.29 bits per heavy atom. The molecule has 2 aromatic carbocycles. The highest BCUT2D eigenvalue weighted by Crippen LogP contribution is 2.61. The number of benzene rings is 2. The van der Waals surface area contributed by atoms with Gasteiger partial charge in [-0.05, 0) is 53.4 Å². The number of rotatable bonds is 3. The second-order valence-corrected chi connectivity index (χ2v) is 9.89. The molecule has 4 unspecified atom stereocenters. The smallest absolute Gasteiger partial charge is 0.409 e. The lowest BCUT2D eigenvalue weighted by molar-refractivity contribution is -0.146. The second-order valence-electron chi connectivity index (χ2n) is 9.89. The van der Waals surface area contributed by atoms with E-state index in [0.717, 1.165) is 19.3 Å². The Labute approximate surface area is 182 Å². The van der Waals surface area contributed by atoms with Crippen molar-refractivity contribution >= 4 is 12.1 Å². The highest BCUT2D eigenvalue weighted by molar-refractivity contribution is 5.79. The summed E-state index contributed by atoms with van der Waals surface area (Å²) in [5.74, 6) is -0.144. The Morgan fingerprint density at radius 1 is 1.03 bits per heavy atom. The summed E-state index contributed by atoms with van der Waals surface area (Å²) >= 11 is 0. The minimum atomic E-state index is -0.763. The van der Waals surface area contributed by atoms with E-state index in [1.807, 2.05) is 24.3 Å². The third-order valence-corrected chi connectivity index (χ3v) is 8.50. The Balaban J connectivity index is 1.20. The Kier molecular flexibility index (Phi) is 4.17. The summed E-state index contributed by atoms with van der Waals surface area (Å²) in [5.41, 5.74) is 4.52. The number of fused-ring (bicyclic) bond motifs is 6. The van der Waals surface area contributed by atoms with Crippen molar-refractivity contribution < 1.29 is 19.4 Å². The number of aliphatic carboxylic acids is 1. The molecular formula is C26H27NO4. The minimum Gasteiger partial charge on any atom is -0.481 e. The number of hydrogen-bond acceptors (Lipinski definition) is 3. The lowest BCUT2D eigenvalue weighted by atomic mass is 9.67. The van der Waals surface area contributed by atoms with Gasteiger partial charge in [-0.3, -0.25) is 4.79 Å². The molecule has 2 bridgehead atoms. The zero-order chi connectivity index (χ0) is 21.2. The molecule has 0 radical (unpaired) electrons. The fraction of sp³-hybridized carbons (Fsp3) is 0.462. The fourth-order valence-corrected chi connectivity index (χ4v) is 7.19. The van der Waals surface area contributed by atoms with E-state index in [1.54, 1.807) is 4.90 Å². The maximum atomic E-state index is 13.1. The highest BCUT2D eigenvalue weighted by Gasteiger charge is 2.61. The second kappa shape index (κ2) is 6.84. The SMILES string of the molecule is O=C(O)C1CN(C(=O)OCC2c3ccccc3-c3ccccc32)CC12CC1CCC2C1. The monoisotopic (exact) mass is 417 g/mol. The van der Waals surface area contributed by atoms with Crippen LogP contribution in [0.3, 0.4) is 0 Å². The average molecular weight is 418 g/mol. The number of nitrogens with zero attached hydrogens (tertiary/aromatic N) is 1. The summed E-state index contributed by atoms with van der Waals surface area (Å²) in [7, 11) is 0. The highest BCUT2D eigenvalue weighted by atomic mass is 16.6. The molecule has 1 spiro atoms. The van der Waals surface area contributed by atoms with Crippen LogP contribution in [0.2, 0.25) is 0 Å². The van der Waals surface area contributed by atoms with Gasteiger partial charge in [0.1, 0.15) is 6.61 Å². The lowest BCUT2D eigenvalue weighted by Crippen LogP contribution is -2.40. The summed E-state index contributed by atoms with van der Waals surface area (Å²) in [6, 6.07) is 16.6.